The summed E-state index contributed by atoms with van der Waals surface area (Å²) < 4.78 is 38.3. The van der Waals surface area contributed by atoms with Crippen molar-refractivity contribution < 1.29 is 28.1 Å². The standard InChI is InChI=1S/C28H34N6O6S/c1-39-16-21-24(35)25(36)28(40-21)34-17-30-23-26(32-22(33-27(23)34)13-14-31-41(2,37)38)29-15-20(18-9-5-3-6-10-18)19-11-7-4-8-12-19/h3-12,17,20-21,24-25,28,31,35-36H,13-16H2,1-2H3,(H,29,32,33)/t21-,24-,25-,28-/m1/s1. The van der Waals surface area contributed by atoms with E-state index in [9.17, 15) is 18.6 Å². The van der Waals surface area contributed by atoms with E-state index in [1.165, 1.54) is 13.4 Å². The minimum Gasteiger partial charge on any atom is -0.387 e. The predicted octanol–water partition coefficient (Wildman–Crippen LogP) is 1.43. The number of aliphatic hydroxyl groups is 2. The largest absolute Gasteiger partial charge is 0.387 e. The molecule has 0 bridgehead atoms. The normalized spacial score (nSPS) is 21.1. The maximum Gasteiger partial charge on any atom is 0.208 e. The van der Waals surface area contributed by atoms with Crippen molar-refractivity contribution in [3.63, 3.8) is 0 Å². The van der Waals surface area contributed by atoms with Gasteiger partial charge in [0.05, 0.1) is 19.2 Å². The molecule has 12 nitrogen and oxygen atoms in total. The molecule has 218 valence electrons. The minimum absolute atomic E-state index is 0.00443. The molecule has 0 aliphatic carbocycles. The van der Waals surface area contributed by atoms with Crippen molar-refractivity contribution in [3.8, 4) is 0 Å². The quantitative estimate of drug-likeness (QED) is 0.192. The second-order valence-electron chi connectivity index (χ2n) is 9.99. The number of methoxy groups -OCH3 is 1. The lowest BCUT2D eigenvalue weighted by Crippen LogP contribution is -2.33. The monoisotopic (exact) mass is 582 g/mol. The van der Waals surface area contributed by atoms with E-state index < -0.39 is 34.6 Å². The Kier molecular flexibility index (Phi) is 8.92. The van der Waals surface area contributed by atoms with Crippen LogP contribution in [0.4, 0.5) is 5.82 Å². The highest BCUT2D eigenvalue weighted by molar-refractivity contribution is 7.88. The van der Waals surface area contributed by atoms with Crippen molar-refractivity contribution in [2.45, 2.75) is 36.9 Å². The first-order valence-electron chi connectivity index (χ1n) is 13.3. The van der Waals surface area contributed by atoms with Gasteiger partial charge < -0.3 is 25.0 Å². The fourth-order valence-electron chi connectivity index (χ4n) is 4.99. The fraction of sp³-hybridized carbons (Fsp3) is 0.393. The van der Waals surface area contributed by atoms with Crippen LogP contribution in [0.25, 0.3) is 11.2 Å². The van der Waals surface area contributed by atoms with Gasteiger partial charge in [-0.1, -0.05) is 60.7 Å². The third kappa shape index (κ3) is 6.72. The molecule has 2 aromatic carbocycles. The van der Waals surface area contributed by atoms with Crippen LogP contribution in [0.15, 0.2) is 67.0 Å². The van der Waals surface area contributed by atoms with Gasteiger partial charge in [0.25, 0.3) is 0 Å². The molecule has 4 N–H and O–H groups in total. The van der Waals surface area contributed by atoms with E-state index in [1.807, 2.05) is 36.4 Å². The fourth-order valence-corrected chi connectivity index (χ4v) is 5.46. The molecule has 4 atom stereocenters. The Balaban J connectivity index is 1.49. The van der Waals surface area contributed by atoms with Crippen molar-refractivity contribution in [2.24, 2.45) is 0 Å². The topological polar surface area (TPSA) is 161 Å². The zero-order chi connectivity index (χ0) is 29.0. The number of hydrogen-bond donors (Lipinski definition) is 4. The predicted molar refractivity (Wildman–Crippen MR) is 153 cm³/mol. The van der Waals surface area contributed by atoms with Gasteiger partial charge in [0, 0.05) is 32.5 Å². The van der Waals surface area contributed by atoms with Crippen LogP contribution in [0.2, 0.25) is 0 Å². The number of imidazole rings is 1. The molecular weight excluding hydrogens is 548 g/mol. The maximum absolute atomic E-state index is 11.6. The molecule has 1 saturated heterocycles. The smallest absolute Gasteiger partial charge is 0.208 e. The summed E-state index contributed by atoms with van der Waals surface area (Å²) in [6, 6.07) is 20.3. The Morgan fingerprint density at radius 1 is 1.02 bits per heavy atom. The van der Waals surface area contributed by atoms with Gasteiger partial charge in [-0.25, -0.2) is 28.1 Å². The van der Waals surface area contributed by atoms with Crippen molar-refractivity contribution in [3.05, 3.63) is 83.9 Å². The van der Waals surface area contributed by atoms with E-state index in [0.29, 0.717) is 29.4 Å². The third-order valence-electron chi connectivity index (χ3n) is 7.00. The molecule has 0 amide bonds. The Hall–Kier alpha value is -3.46. The number of nitrogens with one attached hydrogen (secondary N) is 2. The number of hydrogen-bond acceptors (Lipinski definition) is 10. The summed E-state index contributed by atoms with van der Waals surface area (Å²) in [6.07, 6.45) is -1.29. The summed E-state index contributed by atoms with van der Waals surface area (Å²) in [5.41, 5.74) is 3.08. The average Bonchev–Trinajstić information content (AvgIpc) is 3.50. The lowest BCUT2D eigenvalue weighted by molar-refractivity contribution is -0.0580. The van der Waals surface area contributed by atoms with Gasteiger partial charge in [-0.2, -0.15) is 0 Å². The van der Waals surface area contributed by atoms with E-state index in [1.54, 1.807) is 4.57 Å². The lowest BCUT2D eigenvalue weighted by Gasteiger charge is -2.20. The van der Waals surface area contributed by atoms with Gasteiger partial charge in [-0.05, 0) is 11.1 Å². The van der Waals surface area contributed by atoms with Crippen molar-refractivity contribution in [1.82, 2.24) is 24.2 Å². The summed E-state index contributed by atoms with van der Waals surface area (Å²) in [5.74, 6) is 0.835. The van der Waals surface area contributed by atoms with Gasteiger partial charge in [0.15, 0.2) is 23.2 Å². The summed E-state index contributed by atoms with van der Waals surface area (Å²) in [7, 11) is -1.91. The van der Waals surface area contributed by atoms with E-state index in [2.05, 4.69) is 44.3 Å². The number of aromatic nitrogens is 4. The van der Waals surface area contributed by atoms with Crippen LogP contribution in [0.5, 0.6) is 0 Å². The molecule has 0 unspecified atom stereocenters. The third-order valence-corrected chi connectivity index (χ3v) is 7.73. The molecule has 0 saturated carbocycles. The van der Waals surface area contributed by atoms with E-state index in [-0.39, 0.29) is 25.5 Å². The highest BCUT2D eigenvalue weighted by Gasteiger charge is 2.44. The van der Waals surface area contributed by atoms with E-state index >= 15 is 0 Å². The van der Waals surface area contributed by atoms with Crippen LogP contribution >= 0.6 is 0 Å². The number of sulfonamides is 1. The number of rotatable bonds is 12. The molecule has 1 fully saturated rings. The van der Waals surface area contributed by atoms with Gasteiger partial charge in [-0.15, -0.1) is 0 Å². The number of aliphatic hydroxyl groups excluding tert-OH is 2. The zero-order valence-electron chi connectivity index (χ0n) is 22.8. The van der Waals surface area contributed by atoms with Crippen LogP contribution < -0.4 is 10.0 Å². The first kappa shape index (κ1) is 29.0. The van der Waals surface area contributed by atoms with Crippen LogP contribution in [-0.4, -0.2) is 89.5 Å². The summed E-state index contributed by atoms with van der Waals surface area (Å²) >= 11 is 0. The van der Waals surface area contributed by atoms with E-state index in [0.717, 1.165) is 17.4 Å². The first-order valence-corrected chi connectivity index (χ1v) is 15.2. The number of fused-ring (bicyclic) bond motifs is 1. The second-order valence-corrected chi connectivity index (χ2v) is 11.8. The van der Waals surface area contributed by atoms with Crippen LogP contribution in [0, 0.1) is 0 Å². The summed E-state index contributed by atoms with van der Waals surface area (Å²) in [5, 5.41) is 24.7. The Morgan fingerprint density at radius 2 is 1.68 bits per heavy atom. The van der Waals surface area contributed by atoms with Crippen LogP contribution in [-0.2, 0) is 25.9 Å². The van der Waals surface area contributed by atoms with Gasteiger partial charge in [-0.3, -0.25) is 4.57 Å². The molecule has 2 aromatic heterocycles. The number of anilines is 1. The van der Waals surface area contributed by atoms with Crippen molar-refractivity contribution in [2.75, 3.05) is 38.4 Å². The maximum atomic E-state index is 11.6. The highest BCUT2D eigenvalue weighted by Crippen LogP contribution is 2.33. The molecule has 1 aliphatic heterocycles. The zero-order valence-corrected chi connectivity index (χ0v) is 23.6. The molecule has 1 aliphatic rings. The van der Waals surface area contributed by atoms with Gasteiger partial charge in [0.2, 0.25) is 10.0 Å². The van der Waals surface area contributed by atoms with Gasteiger partial charge in [0.1, 0.15) is 24.1 Å². The van der Waals surface area contributed by atoms with Crippen LogP contribution in [0.1, 0.15) is 29.1 Å². The lowest BCUT2D eigenvalue weighted by atomic mass is 9.91. The number of ether oxygens (including phenoxy) is 2. The molecule has 13 heteroatoms. The molecule has 0 spiro atoms. The molecular formula is C28H34N6O6S. The SMILES string of the molecule is COC[C@H]1O[C@@H](n2cnc3c(NCC(c4ccccc4)c4ccccc4)nc(CCNS(C)(=O)=O)nc32)[C@H](O)[C@@H]1O. The van der Waals surface area contributed by atoms with Gasteiger partial charge >= 0.3 is 0 Å². The van der Waals surface area contributed by atoms with E-state index in [4.69, 9.17) is 14.5 Å². The summed E-state index contributed by atoms with van der Waals surface area (Å²) in [4.78, 5) is 13.9. The molecule has 41 heavy (non-hydrogen) atoms. The highest BCUT2D eigenvalue weighted by atomic mass is 32.2. The van der Waals surface area contributed by atoms with Crippen molar-refractivity contribution >= 4 is 27.0 Å². The Labute approximate surface area is 238 Å². The molecule has 5 rings (SSSR count). The average molecular weight is 583 g/mol. The summed E-state index contributed by atoms with van der Waals surface area (Å²) in [6.45, 7) is 0.697. The second kappa shape index (κ2) is 12.6. The Bertz CT molecular complexity index is 1510. The number of nitrogens with zero attached hydrogens (tertiary/aromatic N) is 4. The number of benzene rings is 2. The molecule has 3 heterocycles. The molecule has 4 aromatic rings. The van der Waals surface area contributed by atoms with Crippen molar-refractivity contribution in [1.29, 1.82) is 0 Å². The molecule has 0 radical (unpaired) electrons. The first-order chi connectivity index (χ1) is 19.7. The minimum atomic E-state index is -3.40. The Morgan fingerprint density at radius 3 is 2.29 bits per heavy atom. The van der Waals surface area contributed by atoms with Crippen LogP contribution in [0.3, 0.4) is 0 Å².